The predicted molar refractivity (Wildman–Crippen MR) is 129 cm³/mol. The Labute approximate surface area is 193 Å². The third kappa shape index (κ3) is 7.10. The Morgan fingerprint density at radius 2 is 1.66 bits per heavy atom. The molecule has 0 aromatic heterocycles. The van der Waals surface area contributed by atoms with E-state index >= 15 is 0 Å². The molecule has 1 aliphatic rings. The van der Waals surface area contributed by atoms with E-state index in [9.17, 15) is 14.4 Å². The third-order valence-electron chi connectivity index (χ3n) is 5.49. The number of anilines is 2. The molecule has 1 fully saturated rings. The third-order valence-corrected chi connectivity index (χ3v) is 6.33. The van der Waals surface area contributed by atoms with Gasteiger partial charge in [0.2, 0.25) is 5.91 Å². The van der Waals surface area contributed by atoms with Gasteiger partial charge in [-0.1, -0.05) is 24.3 Å². The number of hydrogen-bond acceptors (Lipinski definition) is 5. The molecule has 8 heteroatoms. The van der Waals surface area contributed by atoms with Crippen LogP contribution in [0.3, 0.4) is 0 Å². The monoisotopic (exact) mass is 454 g/mol. The Balaban J connectivity index is 1.41. The molecule has 0 saturated carbocycles. The van der Waals surface area contributed by atoms with Crippen molar-refractivity contribution in [3.8, 4) is 0 Å². The van der Waals surface area contributed by atoms with Crippen molar-refractivity contribution >= 4 is 40.9 Å². The van der Waals surface area contributed by atoms with Gasteiger partial charge < -0.3 is 16.0 Å². The molecular formula is C24H30N4O3S. The fourth-order valence-electron chi connectivity index (χ4n) is 3.81. The molecule has 1 saturated heterocycles. The van der Waals surface area contributed by atoms with Gasteiger partial charge in [-0.05, 0) is 67.9 Å². The largest absolute Gasteiger partial charge is 0.348 e. The van der Waals surface area contributed by atoms with Crippen LogP contribution in [0.5, 0.6) is 0 Å². The molecule has 32 heavy (non-hydrogen) atoms. The van der Waals surface area contributed by atoms with Gasteiger partial charge in [0, 0.05) is 36.3 Å². The first-order valence-corrected chi connectivity index (χ1v) is 12.0. The molecule has 7 nitrogen and oxygen atoms in total. The van der Waals surface area contributed by atoms with Crippen LogP contribution in [0.1, 0.15) is 25.3 Å². The lowest BCUT2D eigenvalue weighted by Crippen LogP contribution is -2.41. The summed E-state index contributed by atoms with van der Waals surface area (Å²) in [5, 5.41) is 7.98. The fourth-order valence-corrected chi connectivity index (χ4v) is 4.42. The molecule has 2 aromatic carbocycles. The fraction of sp³-hybridized carbons (Fsp3) is 0.375. The summed E-state index contributed by atoms with van der Waals surface area (Å²) < 4.78 is 0. The molecule has 0 radical (unpaired) electrons. The molecule has 3 rings (SSSR count). The molecule has 0 bridgehead atoms. The summed E-state index contributed by atoms with van der Waals surface area (Å²) in [6.07, 6.45) is 4.08. The zero-order valence-corrected chi connectivity index (χ0v) is 19.3. The van der Waals surface area contributed by atoms with E-state index in [1.54, 1.807) is 36.0 Å². The average molecular weight is 455 g/mol. The normalized spacial score (nSPS) is 14.6. The van der Waals surface area contributed by atoms with Gasteiger partial charge >= 0.3 is 11.8 Å². The number of hydrogen-bond donors (Lipinski definition) is 3. The molecule has 2 aromatic rings. The average Bonchev–Trinajstić information content (AvgIpc) is 2.78. The summed E-state index contributed by atoms with van der Waals surface area (Å²) in [5.74, 6) is -1.20. The van der Waals surface area contributed by atoms with Crippen LogP contribution in [0.4, 0.5) is 11.4 Å². The van der Waals surface area contributed by atoms with Crippen LogP contribution in [-0.2, 0) is 20.9 Å². The van der Waals surface area contributed by atoms with Crippen molar-refractivity contribution in [1.82, 2.24) is 10.2 Å². The minimum atomic E-state index is -0.712. The minimum absolute atomic E-state index is 0.203. The Hall–Kier alpha value is -2.84. The summed E-state index contributed by atoms with van der Waals surface area (Å²) in [5.41, 5.74) is 2.36. The number of amides is 3. The van der Waals surface area contributed by atoms with Crippen LogP contribution >= 0.6 is 11.8 Å². The number of carbonyl (C=O) groups is 3. The highest BCUT2D eigenvalue weighted by molar-refractivity contribution is 7.98. The van der Waals surface area contributed by atoms with Gasteiger partial charge in [0.25, 0.3) is 0 Å². The minimum Gasteiger partial charge on any atom is -0.348 e. The van der Waals surface area contributed by atoms with Crippen LogP contribution in [-0.4, -0.2) is 48.5 Å². The van der Waals surface area contributed by atoms with Crippen molar-refractivity contribution in [2.45, 2.75) is 31.2 Å². The van der Waals surface area contributed by atoms with Gasteiger partial charge in [-0.2, -0.15) is 0 Å². The molecule has 0 spiro atoms. The van der Waals surface area contributed by atoms with Crippen molar-refractivity contribution in [3.63, 3.8) is 0 Å². The number of thioether (sulfide) groups is 1. The summed E-state index contributed by atoms with van der Waals surface area (Å²) >= 11 is 1.77. The van der Waals surface area contributed by atoms with Crippen LogP contribution in [0, 0.1) is 5.92 Å². The second kappa shape index (κ2) is 11.7. The molecule has 3 N–H and O–H groups in total. The number of benzene rings is 2. The highest BCUT2D eigenvalue weighted by Crippen LogP contribution is 2.24. The number of rotatable bonds is 7. The van der Waals surface area contributed by atoms with Crippen molar-refractivity contribution in [2.24, 2.45) is 5.92 Å². The highest BCUT2D eigenvalue weighted by atomic mass is 32.2. The highest BCUT2D eigenvalue weighted by Gasteiger charge is 2.22. The Bertz CT molecular complexity index is 958. The summed E-state index contributed by atoms with van der Waals surface area (Å²) in [6, 6.07) is 15.2. The van der Waals surface area contributed by atoms with E-state index in [-0.39, 0.29) is 5.91 Å². The van der Waals surface area contributed by atoms with Gasteiger partial charge in [0.05, 0.1) is 0 Å². The molecule has 1 heterocycles. The Morgan fingerprint density at radius 3 is 2.34 bits per heavy atom. The summed E-state index contributed by atoms with van der Waals surface area (Å²) in [6.45, 7) is 4.80. The summed E-state index contributed by atoms with van der Waals surface area (Å²) in [7, 11) is 0. The van der Waals surface area contributed by atoms with E-state index < -0.39 is 11.8 Å². The number of piperidine rings is 1. The van der Waals surface area contributed by atoms with Crippen molar-refractivity contribution in [3.05, 3.63) is 54.1 Å². The molecular weight excluding hydrogens is 424 g/mol. The second-order valence-corrected chi connectivity index (χ2v) is 8.81. The Morgan fingerprint density at radius 1 is 0.969 bits per heavy atom. The van der Waals surface area contributed by atoms with Crippen LogP contribution in [0.25, 0.3) is 0 Å². The zero-order chi connectivity index (χ0) is 22.9. The van der Waals surface area contributed by atoms with Gasteiger partial charge in [-0.15, -0.1) is 11.8 Å². The van der Waals surface area contributed by atoms with Crippen LogP contribution in [0.2, 0.25) is 0 Å². The van der Waals surface area contributed by atoms with E-state index in [0.717, 1.165) is 32.5 Å². The van der Waals surface area contributed by atoms with Crippen molar-refractivity contribution in [2.75, 3.05) is 36.5 Å². The quantitative estimate of drug-likeness (QED) is 0.441. The maximum absolute atomic E-state index is 12.2. The van der Waals surface area contributed by atoms with Crippen LogP contribution in [0.15, 0.2) is 53.4 Å². The van der Waals surface area contributed by atoms with Gasteiger partial charge in [0.1, 0.15) is 0 Å². The number of nitrogens with one attached hydrogen (secondary N) is 3. The zero-order valence-electron chi connectivity index (χ0n) is 18.5. The topological polar surface area (TPSA) is 90.5 Å². The lowest BCUT2D eigenvalue weighted by molar-refractivity contribution is -0.136. The van der Waals surface area contributed by atoms with Crippen molar-refractivity contribution < 1.29 is 14.4 Å². The van der Waals surface area contributed by atoms with Gasteiger partial charge in [0.15, 0.2) is 0 Å². The maximum atomic E-state index is 12.2. The van der Waals surface area contributed by atoms with Gasteiger partial charge in [-0.3, -0.25) is 19.3 Å². The molecule has 0 unspecified atom stereocenters. The van der Waals surface area contributed by atoms with Crippen LogP contribution < -0.4 is 16.0 Å². The number of carbonyl (C=O) groups excluding carboxylic acids is 3. The van der Waals surface area contributed by atoms with E-state index in [2.05, 4.69) is 51.4 Å². The maximum Gasteiger partial charge on any atom is 0.313 e. The predicted octanol–water partition coefficient (Wildman–Crippen LogP) is 3.33. The second-order valence-electron chi connectivity index (χ2n) is 7.96. The standard InChI is InChI=1S/C24H30N4O3S/c1-17(29)26-20-7-5-8-21(14-20)27-24(31)23(30)25-15-18-10-12-28(13-11-18)16-19-6-3-4-9-22(19)32-2/h3-9,14,18H,10-13,15-16H2,1-2H3,(H,25,30)(H,26,29)(H,27,31). The lowest BCUT2D eigenvalue weighted by atomic mass is 9.96. The lowest BCUT2D eigenvalue weighted by Gasteiger charge is -2.32. The van der Waals surface area contributed by atoms with E-state index in [1.807, 2.05) is 0 Å². The molecule has 0 aliphatic carbocycles. The first-order chi connectivity index (χ1) is 15.4. The van der Waals surface area contributed by atoms with E-state index in [1.165, 1.54) is 17.4 Å². The van der Waals surface area contributed by atoms with E-state index in [0.29, 0.717) is 23.8 Å². The molecule has 0 atom stereocenters. The Kier molecular flexibility index (Phi) is 8.70. The molecule has 170 valence electrons. The molecule has 1 aliphatic heterocycles. The number of nitrogens with zero attached hydrogens (tertiary/aromatic N) is 1. The van der Waals surface area contributed by atoms with Crippen molar-refractivity contribution in [1.29, 1.82) is 0 Å². The first-order valence-electron chi connectivity index (χ1n) is 10.8. The molecule has 3 amide bonds. The number of likely N-dealkylation sites (tertiary alicyclic amines) is 1. The first kappa shape index (κ1) is 23.8. The SMILES string of the molecule is CSc1ccccc1CN1CCC(CNC(=O)C(=O)Nc2cccc(NC(C)=O)c2)CC1. The smallest absolute Gasteiger partial charge is 0.313 e. The van der Waals surface area contributed by atoms with E-state index in [4.69, 9.17) is 0 Å². The van der Waals surface area contributed by atoms with Gasteiger partial charge in [-0.25, -0.2) is 0 Å². The summed E-state index contributed by atoms with van der Waals surface area (Å²) in [4.78, 5) is 39.4.